The summed E-state index contributed by atoms with van der Waals surface area (Å²) < 4.78 is 8.09. The summed E-state index contributed by atoms with van der Waals surface area (Å²) >= 11 is 3.49. The van der Waals surface area contributed by atoms with Gasteiger partial charge in [0, 0.05) is 12.6 Å². The van der Waals surface area contributed by atoms with Crippen molar-refractivity contribution in [3.8, 4) is 17.0 Å². The Morgan fingerprint density at radius 3 is 2.67 bits per heavy atom. The third-order valence-electron chi connectivity index (χ3n) is 3.00. The van der Waals surface area contributed by atoms with Crippen molar-refractivity contribution in [2.45, 2.75) is 13.5 Å². The van der Waals surface area contributed by atoms with Crippen molar-refractivity contribution in [1.82, 2.24) is 9.55 Å². The quantitative estimate of drug-likeness (QED) is 0.948. The molecule has 1 heterocycles. The summed E-state index contributed by atoms with van der Waals surface area (Å²) in [5, 5.41) is 0. The number of rotatable bonds is 3. The van der Waals surface area contributed by atoms with Gasteiger partial charge in [0.05, 0.1) is 19.3 Å². The van der Waals surface area contributed by atoms with Crippen molar-refractivity contribution in [3.05, 3.63) is 34.2 Å². The molecule has 4 nitrogen and oxygen atoms in total. The minimum atomic E-state index is 0.421. The fourth-order valence-electron chi connectivity index (χ4n) is 2.03. The van der Waals surface area contributed by atoms with E-state index in [0.29, 0.717) is 6.54 Å². The van der Waals surface area contributed by atoms with Gasteiger partial charge in [-0.25, -0.2) is 4.98 Å². The van der Waals surface area contributed by atoms with Crippen molar-refractivity contribution < 1.29 is 4.74 Å². The summed E-state index contributed by atoms with van der Waals surface area (Å²) in [5.74, 6) is 1.74. The highest BCUT2D eigenvalue weighted by Gasteiger charge is 2.14. The molecule has 0 aliphatic rings. The van der Waals surface area contributed by atoms with E-state index in [2.05, 4.69) is 27.0 Å². The largest absolute Gasteiger partial charge is 0.496 e. The molecule has 0 fully saturated rings. The van der Waals surface area contributed by atoms with Crippen LogP contribution in [0.4, 0.5) is 0 Å². The van der Waals surface area contributed by atoms with Crippen LogP contribution in [0.5, 0.6) is 5.75 Å². The van der Waals surface area contributed by atoms with Crippen LogP contribution in [-0.2, 0) is 13.6 Å². The Morgan fingerprint density at radius 2 is 2.17 bits per heavy atom. The molecule has 0 amide bonds. The van der Waals surface area contributed by atoms with Crippen molar-refractivity contribution >= 4 is 15.9 Å². The molecule has 0 unspecified atom stereocenters. The summed E-state index contributed by atoms with van der Waals surface area (Å²) in [7, 11) is 3.64. The molecule has 0 atom stereocenters. The lowest BCUT2D eigenvalue weighted by Crippen LogP contribution is -2.05. The van der Waals surface area contributed by atoms with Gasteiger partial charge in [-0.3, -0.25) is 0 Å². The molecule has 0 saturated heterocycles. The smallest absolute Gasteiger partial charge is 0.132 e. The number of nitrogens with two attached hydrogens (primary N) is 1. The molecule has 0 saturated carbocycles. The fourth-order valence-corrected chi connectivity index (χ4v) is 2.73. The molecule has 2 rings (SSSR count). The molecular formula is C13H16BrN3O. The van der Waals surface area contributed by atoms with Crippen LogP contribution in [0.2, 0.25) is 0 Å². The number of methoxy groups -OCH3 is 1. The van der Waals surface area contributed by atoms with Crippen molar-refractivity contribution in [3.63, 3.8) is 0 Å². The van der Waals surface area contributed by atoms with E-state index in [0.717, 1.165) is 33.0 Å². The molecule has 0 aliphatic heterocycles. The standard InChI is InChI=1S/C13H16BrN3O/c1-8-6-9(4-5-10(8)18-3)12-13(14)16-11(7-15)17(12)2/h4-6H,7,15H2,1-3H3. The van der Waals surface area contributed by atoms with Gasteiger partial charge in [0.15, 0.2) is 0 Å². The molecule has 1 aromatic heterocycles. The summed E-state index contributed by atoms with van der Waals surface area (Å²) in [6, 6.07) is 6.07. The lowest BCUT2D eigenvalue weighted by molar-refractivity contribution is 0.412. The Bertz CT molecular complexity index is 578. The van der Waals surface area contributed by atoms with Gasteiger partial charge in [0.2, 0.25) is 0 Å². The van der Waals surface area contributed by atoms with Gasteiger partial charge >= 0.3 is 0 Å². The number of halogens is 1. The van der Waals surface area contributed by atoms with E-state index in [1.54, 1.807) is 7.11 Å². The summed E-state index contributed by atoms with van der Waals surface area (Å²) in [5.41, 5.74) is 8.88. The highest BCUT2D eigenvalue weighted by atomic mass is 79.9. The topological polar surface area (TPSA) is 53.1 Å². The Labute approximate surface area is 115 Å². The average molecular weight is 310 g/mol. The molecule has 18 heavy (non-hydrogen) atoms. The maximum atomic E-state index is 5.66. The van der Waals surface area contributed by atoms with Gasteiger partial charge in [-0.1, -0.05) is 0 Å². The monoisotopic (exact) mass is 309 g/mol. The van der Waals surface area contributed by atoms with Crippen LogP contribution in [0, 0.1) is 6.92 Å². The number of ether oxygens (including phenoxy) is 1. The summed E-state index contributed by atoms with van der Waals surface area (Å²) in [6.07, 6.45) is 0. The predicted octanol–water partition coefficient (Wildman–Crippen LogP) is 2.63. The molecule has 0 spiro atoms. The third kappa shape index (κ3) is 2.15. The predicted molar refractivity (Wildman–Crippen MR) is 75.5 cm³/mol. The van der Waals surface area contributed by atoms with E-state index in [4.69, 9.17) is 10.5 Å². The molecule has 0 bridgehead atoms. The molecule has 0 aliphatic carbocycles. The number of hydrogen-bond donors (Lipinski definition) is 1. The molecule has 2 N–H and O–H groups in total. The molecule has 5 heteroatoms. The first-order chi connectivity index (χ1) is 8.58. The van der Waals surface area contributed by atoms with Crippen LogP contribution in [-0.4, -0.2) is 16.7 Å². The van der Waals surface area contributed by atoms with Crippen molar-refractivity contribution in [2.75, 3.05) is 7.11 Å². The van der Waals surface area contributed by atoms with Gasteiger partial charge < -0.3 is 15.0 Å². The van der Waals surface area contributed by atoms with E-state index in [1.807, 2.05) is 30.7 Å². The lowest BCUT2D eigenvalue weighted by atomic mass is 10.1. The SMILES string of the molecule is COc1ccc(-c2c(Br)nc(CN)n2C)cc1C. The van der Waals surface area contributed by atoms with Crippen molar-refractivity contribution in [1.29, 1.82) is 0 Å². The number of aryl methyl sites for hydroxylation is 1. The Kier molecular flexibility index (Phi) is 3.73. The van der Waals surface area contributed by atoms with Crippen LogP contribution in [0.1, 0.15) is 11.4 Å². The highest BCUT2D eigenvalue weighted by molar-refractivity contribution is 9.10. The van der Waals surface area contributed by atoms with E-state index >= 15 is 0 Å². The molecule has 0 radical (unpaired) electrons. The average Bonchev–Trinajstić information content (AvgIpc) is 2.64. The normalized spacial score (nSPS) is 10.7. The van der Waals surface area contributed by atoms with Crippen LogP contribution >= 0.6 is 15.9 Å². The second-order valence-corrected chi connectivity index (χ2v) is 4.87. The maximum absolute atomic E-state index is 5.66. The second-order valence-electron chi connectivity index (χ2n) is 4.11. The van der Waals surface area contributed by atoms with Gasteiger partial charge in [0.25, 0.3) is 0 Å². The number of benzene rings is 1. The number of imidazole rings is 1. The van der Waals surface area contributed by atoms with Crippen LogP contribution in [0.25, 0.3) is 11.3 Å². The van der Waals surface area contributed by atoms with E-state index in [9.17, 15) is 0 Å². The van der Waals surface area contributed by atoms with Crippen LogP contribution in [0.15, 0.2) is 22.8 Å². The maximum Gasteiger partial charge on any atom is 0.132 e. The number of hydrogen-bond acceptors (Lipinski definition) is 3. The van der Waals surface area contributed by atoms with Crippen LogP contribution < -0.4 is 10.5 Å². The Balaban J connectivity index is 2.55. The minimum absolute atomic E-state index is 0.421. The zero-order valence-electron chi connectivity index (χ0n) is 10.7. The minimum Gasteiger partial charge on any atom is -0.496 e. The summed E-state index contributed by atoms with van der Waals surface area (Å²) in [4.78, 5) is 4.40. The van der Waals surface area contributed by atoms with Gasteiger partial charge in [0.1, 0.15) is 16.2 Å². The van der Waals surface area contributed by atoms with E-state index in [1.165, 1.54) is 0 Å². The first kappa shape index (κ1) is 13.1. The zero-order chi connectivity index (χ0) is 13.3. The third-order valence-corrected chi connectivity index (χ3v) is 3.55. The summed E-state index contributed by atoms with van der Waals surface area (Å²) in [6.45, 7) is 2.45. The zero-order valence-corrected chi connectivity index (χ0v) is 12.3. The first-order valence-corrected chi connectivity index (χ1v) is 6.44. The second kappa shape index (κ2) is 5.12. The van der Waals surface area contributed by atoms with Crippen LogP contribution in [0.3, 0.4) is 0 Å². The highest BCUT2D eigenvalue weighted by Crippen LogP contribution is 2.31. The van der Waals surface area contributed by atoms with Gasteiger partial charge in [-0.2, -0.15) is 0 Å². The number of aromatic nitrogens is 2. The van der Waals surface area contributed by atoms with E-state index < -0.39 is 0 Å². The first-order valence-electron chi connectivity index (χ1n) is 5.64. The van der Waals surface area contributed by atoms with Crippen molar-refractivity contribution in [2.24, 2.45) is 12.8 Å². The lowest BCUT2D eigenvalue weighted by Gasteiger charge is -2.09. The Morgan fingerprint density at radius 1 is 1.44 bits per heavy atom. The number of nitrogens with zero attached hydrogens (tertiary/aromatic N) is 2. The molecule has 96 valence electrons. The van der Waals surface area contributed by atoms with E-state index in [-0.39, 0.29) is 0 Å². The Hall–Kier alpha value is -1.33. The van der Waals surface area contributed by atoms with Gasteiger partial charge in [-0.15, -0.1) is 0 Å². The molecular weight excluding hydrogens is 294 g/mol. The molecule has 2 aromatic rings. The van der Waals surface area contributed by atoms with Gasteiger partial charge in [-0.05, 0) is 46.6 Å². The molecule has 1 aromatic carbocycles. The fraction of sp³-hybridized carbons (Fsp3) is 0.308.